The molecule has 118 valence electrons. The maximum Gasteiger partial charge on any atom is 0.270 e. The molecule has 0 N–H and O–H groups in total. The maximum absolute atomic E-state index is 10.8. The largest absolute Gasteiger partial charge is 0.370 e. The zero-order valence-corrected chi connectivity index (χ0v) is 13.3. The fraction of sp³-hybridized carbons (Fsp3) is 0.562. The summed E-state index contributed by atoms with van der Waals surface area (Å²) in [5.74, 6) is 0. The number of non-ortho nitro benzene ring substituents is 1. The van der Waals surface area contributed by atoms with E-state index in [1.165, 1.54) is 12.1 Å². The van der Waals surface area contributed by atoms with Gasteiger partial charge in [-0.1, -0.05) is 0 Å². The molecule has 0 aromatic heterocycles. The van der Waals surface area contributed by atoms with E-state index >= 15 is 0 Å². The molecule has 0 aliphatic carbocycles. The molecular weight excluding hydrogens is 280 g/mol. The molecule has 1 aliphatic rings. The first-order chi connectivity index (χ1) is 10.4. The van der Waals surface area contributed by atoms with Gasteiger partial charge in [0.2, 0.25) is 0 Å². The van der Waals surface area contributed by atoms with Crippen LogP contribution in [0.2, 0.25) is 0 Å². The van der Waals surface area contributed by atoms with E-state index in [0.29, 0.717) is 17.6 Å². The first-order valence-electron chi connectivity index (χ1n) is 7.59. The average Bonchev–Trinajstić information content (AvgIpc) is 2.53. The summed E-state index contributed by atoms with van der Waals surface area (Å²) in [5, 5.41) is 20.1. The molecular formula is C16H22N4O2. The van der Waals surface area contributed by atoms with E-state index < -0.39 is 4.92 Å². The Hall–Kier alpha value is -2.13. The van der Waals surface area contributed by atoms with Crippen LogP contribution >= 0.6 is 0 Å². The lowest BCUT2D eigenvalue weighted by molar-refractivity contribution is -0.384. The quantitative estimate of drug-likeness (QED) is 0.631. The molecule has 1 aromatic rings. The second-order valence-corrected chi connectivity index (χ2v) is 6.04. The third-order valence-electron chi connectivity index (χ3n) is 4.47. The lowest BCUT2D eigenvalue weighted by Gasteiger charge is -2.39. The van der Waals surface area contributed by atoms with Crippen LogP contribution in [0.1, 0.15) is 32.3 Å². The Morgan fingerprint density at radius 1 is 1.41 bits per heavy atom. The summed E-state index contributed by atoms with van der Waals surface area (Å²) in [4.78, 5) is 14.9. The Morgan fingerprint density at radius 3 is 2.55 bits per heavy atom. The zero-order chi connectivity index (χ0) is 16.3. The van der Waals surface area contributed by atoms with Gasteiger partial charge in [-0.2, -0.15) is 5.26 Å². The number of anilines is 1. The summed E-state index contributed by atoms with van der Waals surface area (Å²) in [6.45, 7) is 6.49. The summed E-state index contributed by atoms with van der Waals surface area (Å²) in [7, 11) is 1.97. The van der Waals surface area contributed by atoms with Crippen LogP contribution in [-0.4, -0.2) is 42.0 Å². The van der Waals surface area contributed by atoms with Gasteiger partial charge in [-0.3, -0.25) is 10.1 Å². The number of nitro benzene ring substituents is 1. The average molecular weight is 302 g/mol. The highest BCUT2D eigenvalue weighted by atomic mass is 16.6. The van der Waals surface area contributed by atoms with Gasteiger partial charge >= 0.3 is 0 Å². The van der Waals surface area contributed by atoms with Crippen molar-refractivity contribution in [3.05, 3.63) is 33.9 Å². The molecule has 0 bridgehead atoms. The van der Waals surface area contributed by atoms with Crippen molar-refractivity contribution < 1.29 is 4.92 Å². The molecule has 0 atom stereocenters. The normalized spacial score (nSPS) is 16.5. The third kappa shape index (κ3) is 3.37. The smallest absolute Gasteiger partial charge is 0.270 e. The standard InChI is InChI=1S/C16H22N4O2/c1-12(2)19-8-6-14(7-9-19)18(3)16-5-4-15(20(21)22)10-13(16)11-17/h4-5,10,12,14H,6-9H2,1-3H3. The predicted octanol–water partition coefficient (Wildman–Crippen LogP) is 2.78. The molecule has 6 nitrogen and oxygen atoms in total. The Labute approximate surface area is 131 Å². The molecule has 22 heavy (non-hydrogen) atoms. The van der Waals surface area contributed by atoms with Crippen molar-refractivity contribution in [3.8, 4) is 6.07 Å². The number of nitro groups is 1. The number of nitrogens with zero attached hydrogens (tertiary/aromatic N) is 4. The SMILES string of the molecule is CC(C)N1CCC(N(C)c2ccc([N+](=O)[O-])cc2C#N)CC1. The number of benzene rings is 1. The molecule has 0 saturated carbocycles. The van der Waals surface area contributed by atoms with E-state index in [0.717, 1.165) is 31.6 Å². The monoisotopic (exact) mass is 302 g/mol. The number of likely N-dealkylation sites (tertiary alicyclic amines) is 1. The van der Waals surface area contributed by atoms with Gasteiger partial charge in [0.25, 0.3) is 5.69 Å². The molecule has 0 unspecified atom stereocenters. The molecule has 2 rings (SSSR count). The lowest BCUT2D eigenvalue weighted by Crippen LogP contribution is -2.45. The molecule has 1 aliphatic heterocycles. The van der Waals surface area contributed by atoms with Crippen molar-refractivity contribution >= 4 is 11.4 Å². The van der Waals surface area contributed by atoms with E-state index in [9.17, 15) is 15.4 Å². The molecule has 1 fully saturated rings. The van der Waals surface area contributed by atoms with Crippen LogP contribution in [0.4, 0.5) is 11.4 Å². The number of nitriles is 1. The predicted molar refractivity (Wildman–Crippen MR) is 85.9 cm³/mol. The van der Waals surface area contributed by atoms with Crippen molar-refractivity contribution in [2.45, 2.75) is 38.8 Å². The fourth-order valence-electron chi connectivity index (χ4n) is 3.02. The summed E-state index contributed by atoms with van der Waals surface area (Å²) >= 11 is 0. The highest BCUT2D eigenvalue weighted by molar-refractivity contribution is 5.63. The second kappa shape index (κ2) is 6.75. The Bertz CT molecular complexity index is 586. The lowest BCUT2D eigenvalue weighted by atomic mass is 10.0. The van der Waals surface area contributed by atoms with Crippen LogP contribution in [0, 0.1) is 21.4 Å². The van der Waals surface area contributed by atoms with Gasteiger partial charge < -0.3 is 9.80 Å². The molecule has 1 heterocycles. The van der Waals surface area contributed by atoms with Crippen molar-refractivity contribution in [2.24, 2.45) is 0 Å². The molecule has 0 amide bonds. The topological polar surface area (TPSA) is 73.4 Å². The van der Waals surface area contributed by atoms with E-state index in [1.807, 2.05) is 7.05 Å². The summed E-state index contributed by atoms with van der Waals surface area (Å²) in [6, 6.07) is 7.51. The van der Waals surface area contributed by atoms with Crippen LogP contribution in [0.15, 0.2) is 18.2 Å². The van der Waals surface area contributed by atoms with Crippen molar-refractivity contribution in [1.82, 2.24) is 4.90 Å². The minimum atomic E-state index is -0.467. The Morgan fingerprint density at radius 2 is 2.05 bits per heavy atom. The second-order valence-electron chi connectivity index (χ2n) is 6.04. The highest BCUT2D eigenvalue weighted by Crippen LogP contribution is 2.28. The van der Waals surface area contributed by atoms with Crippen LogP contribution in [0.3, 0.4) is 0 Å². The zero-order valence-electron chi connectivity index (χ0n) is 13.3. The minimum Gasteiger partial charge on any atom is -0.370 e. The number of rotatable bonds is 4. The van der Waals surface area contributed by atoms with Gasteiger partial charge in [0.05, 0.1) is 16.2 Å². The highest BCUT2D eigenvalue weighted by Gasteiger charge is 2.25. The number of piperidine rings is 1. The molecule has 6 heteroatoms. The van der Waals surface area contributed by atoms with Crippen LogP contribution in [0.5, 0.6) is 0 Å². The number of hydrogen-bond donors (Lipinski definition) is 0. The van der Waals surface area contributed by atoms with Gasteiger partial charge in [-0.25, -0.2) is 0 Å². The van der Waals surface area contributed by atoms with Crippen molar-refractivity contribution in [2.75, 3.05) is 25.0 Å². The van der Waals surface area contributed by atoms with E-state index in [1.54, 1.807) is 6.07 Å². The molecule has 0 spiro atoms. The van der Waals surface area contributed by atoms with E-state index in [-0.39, 0.29) is 5.69 Å². The van der Waals surface area contributed by atoms with E-state index in [4.69, 9.17) is 0 Å². The summed E-state index contributed by atoms with van der Waals surface area (Å²) < 4.78 is 0. The third-order valence-corrected chi connectivity index (χ3v) is 4.47. The van der Waals surface area contributed by atoms with Crippen molar-refractivity contribution in [3.63, 3.8) is 0 Å². The van der Waals surface area contributed by atoms with Crippen LogP contribution < -0.4 is 4.90 Å². The van der Waals surface area contributed by atoms with Crippen molar-refractivity contribution in [1.29, 1.82) is 5.26 Å². The summed E-state index contributed by atoms with van der Waals surface area (Å²) in [5.41, 5.74) is 1.10. The van der Waals surface area contributed by atoms with Gasteiger partial charge in [0.15, 0.2) is 0 Å². The fourth-order valence-corrected chi connectivity index (χ4v) is 3.02. The molecule has 1 aromatic carbocycles. The first kappa shape index (κ1) is 16.2. The number of hydrogen-bond acceptors (Lipinski definition) is 5. The minimum absolute atomic E-state index is 0.0386. The van der Waals surface area contributed by atoms with Gasteiger partial charge in [-0.15, -0.1) is 0 Å². The van der Waals surface area contributed by atoms with E-state index in [2.05, 4.69) is 29.7 Å². The van der Waals surface area contributed by atoms with Gasteiger partial charge in [0, 0.05) is 44.4 Å². The maximum atomic E-state index is 10.8. The Balaban J connectivity index is 2.15. The van der Waals surface area contributed by atoms with Gasteiger partial charge in [0.1, 0.15) is 6.07 Å². The Kier molecular flexibility index (Phi) is 4.99. The summed E-state index contributed by atoms with van der Waals surface area (Å²) in [6.07, 6.45) is 2.08. The van der Waals surface area contributed by atoms with Crippen LogP contribution in [0.25, 0.3) is 0 Å². The first-order valence-corrected chi connectivity index (χ1v) is 7.59. The van der Waals surface area contributed by atoms with Gasteiger partial charge in [-0.05, 0) is 32.8 Å². The molecule has 1 saturated heterocycles. The molecule has 0 radical (unpaired) electrons. The van der Waals surface area contributed by atoms with Crippen LogP contribution in [-0.2, 0) is 0 Å².